The predicted octanol–water partition coefficient (Wildman–Crippen LogP) is 2.68. The summed E-state index contributed by atoms with van der Waals surface area (Å²) in [6.07, 6.45) is 0. The normalized spacial score (nSPS) is 15.3. The Morgan fingerprint density at radius 3 is 2.47 bits per heavy atom. The molecule has 0 aromatic heterocycles. The van der Waals surface area contributed by atoms with E-state index in [0.29, 0.717) is 12.6 Å². The van der Waals surface area contributed by atoms with E-state index in [1.165, 1.54) is 0 Å². The van der Waals surface area contributed by atoms with E-state index < -0.39 is 0 Å². The first kappa shape index (κ1) is 12.5. The van der Waals surface area contributed by atoms with Crippen LogP contribution in [0.4, 0.5) is 0 Å². The second kappa shape index (κ2) is 5.50. The first-order chi connectivity index (χ1) is 7.07. The molecule has 0 bridgehead atoms. The molecule has 0 spiro atoms. The van der Waals surface area contributed by atoms with Crippen molar-refractivity contribution < 1.29 is 0 Å². The summed E-state index contributed by atoms with van der Waals surface area (Å²) in [7, 11) is 2.07. The first-order valence-electron chi connectivity index (χ1n) is 5.24. The third-order valence-electron chi connectivity index (χ3n) is 3.00. The standard InChI is InChI=1S/C12H19ClN2/c1-9(8-14)15(3)10(2)11-6-4-5-7-12(11)13/h4-7,9-10H,8,14H2,1-3H3. The zero-order valence-corrected chi connectivity index (χ0v) is 10.3. The molecule has 0 fully saturated rings. The smallest absolute Gasteiger partial charge is 0.0453 e. The van der Waals surface area contributed by atoms with Crippen LogP contribution in [0, 0.1) is 0 Å². The second-order valence-corrected chi connectivity index (χ2v) is 4.35. The van der Waals surface area contributed by atoms with Crippen LogP contribution in [0.3, 0.4) is 0 Å². The monoisotopic (exact) mass is 226 g/mol. The highest BCUT2D eigenvalue weighted by Crippen LogP contribution is 2.26. The minimum atomic E-state index is 0.289. The number of likely N-dealkylation sites (N-methyl/N-ethyl adjacent to an activating group) is 1. The number of halogens is 1. The van der Waals surface area contributed by atoms with Crippen molar-refractivity contribution in [1.29, 1.82) is 0 Å². The lowest BCUT2D eigenvalue weighted by molar-refractivity contribution is 0.202. The highest BCUT2D eigenvalue weighted by atomic mass is 35.5. The fourth-order valence-electron chi connectivity index (χ4n) is 1.58. The van der Waals surface area contributed by atoms with Gasteiger partial charge in [-0.15, -0.1) is 0 Å². The molecule has 2 atom stereocenters. The maximum absolute atomic E-state index is 6.15. The highest BCUT2D eigenvalue weighted by Gasteiger charge is 2.17. The molecule has 0 saturated heterocycles. The topological polar surface area (TPSA) is 29.3 Å². The summed E-state index contributed by atoms with van der Waals surface area (Å²) >= 11 is 6.15. The van der Waals surface area contributed by atoms with Crippen LogP contribution < -0.4 is 5.73 Å². The molecular formula is C12H19ClN2. The van der Waals surface area contributed by atoms with Crippen molar-refractivity contribution in [2.24, 2.45) is 5.73 Å². The van der Waals surface area contributed by atoms with Crippen LogP contribution >= 0.6 is 11.6 Å². The van der Waals surface area contributed by atoms with Crippen LogP contribution in [0.25, 0.3) is 0 Å². The van der Waals surface area contributed by atoms with Gasteiger partial charge in [-0.2, -0.15) is 0 Å². The van der Waals surface area contributed by atoms with Crippen molar-refractivity contribution in [2.75, 3.05) is 13.6 Å². The molecule has 84 valence electrons. The Labute approximate surface area is 97.0 Å². The summed E-state index contributed by atoms with van der Waals surface area (Å²) in [5.41, 5.74) is 6.81. The van der Waals surface area contributed by atoms with Crippen LogP contribution in [-0.2, 0) is 0 Å². The molecule has 1 rings (SSSR count). The number of benzene rings is 1. The maximum Gasteiger partial charge on any atom is 0.0453 e. The van der Waals surface area contributed by atoms with Gasteiger partial charge in [0, 0.05) is 23.7 Å². The number of nitrogens with two attached hydrogens (primary N) is 1. The van der Waals surface area contributed by atoms with Gasteiger partial charge in [0.2, 0.25) is 0 Å². The lowest BCUT2D eigenvalue weighted by atomic mass is 10.1. The molecule has 1 aromatic rings. The Balaban J connectivity index is 2.85. The molecule has 15 heavy (non-hydrogen) atoms. The minimum absolute atomic E-state index is 0.289. The summed E-state index contributed by atoms with van der Waals surface area (Å²) in [6, 6.07) is 8.60. The van der Waals surface area contributed by atoms with E-state index in [9.17, 15) is 0 Å². The summed E-state index contributed by atoms with van der Waals surface area (Å²) in [5.74, 6) is 0. The van der Waals surface area contributed by atoms with Crippen molar-refractivity contribution in [1.82, 2.24) is 4.90 Å². The van der Waals surface area contributed by atoms with Crippen molar-refractivity contribution in [2.45, 2.75) is 25.9 Å². The number of hydrogen-bond donors (Lipinski definition) is 1. The van der Waals surface area contributed by atoms with E-state index in [-0.39, 0.29) is 6.04 Å². The quantitative estimate of drug-likeness (QED) is 0.856. The molecule has 0 saturated carbocycles. The fraction of sp³-hybridized carbons (Fsp3) is 0.500. The predicted molar refractivity (Wildman–Crippen MR) is 66.1 cm³/mol. The highest BCUT2D eigenvalue weighted by molar-refractivity contribution is 6.31. The van der Waals surface area contributed by atoms with Gasteiger partial charge in [0.15, 0.2) is 0 Å². The van der Waals surface area contributed by atoms with Gasteiger partial charge < -0.3 is 5.73 Å². The van der Waals surface area contributed by atoms with Gasteiger partial charge >= 0.3 is 0 Å². The van der Waals surface area contributed by atoms with Gasteiger partial charge in [0.1, 0.15) is 0 Å². The van der Waals surface area contributed by atoms with Gasteiger partial charge in [-0.05, 0) is 32.5 Å². The van der Waals surface area contributed by atoms with E-state index in [4.69, 9.17) is 17.3 Å². The molecule has 0 heterocycles. The molecule has 3 heteroatoms. The van der Waals surface area contributed by atoms with Gasteiger partial charge in [-0.1, -0.05) is 29.8 Å². The minimum Gasteiger partial charge on any atom is -0.329 e. The Kier molecular flexibility index (Phi) is 4.58. The Morgan fingerprint density at radius 2 is 1.93 bits per heavy atom. The molecule has 0 amide bonds. The molecular weight excluding hydrogens is 208 g/mol. The number of nitrogens with zero attached hydrogens (tertiary/aromatic N) is 1. The lowest BCUT2D eigenvalue weighted by Crippen LogP contribution is -2.37. The van der Waals surface area contributed by atoms with Crippen LogP contribution in [-0.4, -0.2) is 24.5 Å². The van der Waals surface area contributed by atoms with Crippen molar-refractivity contribution >= 4 is 11.6 Å². The Morgan fingerprint density at radius 1 is 1.33 bits per heavy atom. The van der Waals surface area contributed by atoms with E-state index in [1.807, 2.05) is 18.2 Å². The van der Waals surface area contributed by atoms with Gasteiger partial charge in [0.05, 0.1) is 0 Å². The second-order valence-electron chi connectivity index (χ2n) is 3.95. The maximum atomic E-state index is 6.15. The molecule has 1 aromatic carbocycles. The third kappa shape index (κ3) is 2.94. The number of hydrogen-bond acceptors (Lipinski definition) is 2. The molecule has 0 aliphatic heterocycles. The SMILES string of the molecule is CC(CN)N(C)C(C)c1ccccc1Cl. The van der Waals surface area contributed by atoms with Crippen LogP contribution in [0.5, 0.6) is 0 Å². The summed E-state index contributed by atoms with van der Waals surface area (Å²) in [4.78, 5) is 2.24. The fourth-order valence-corrected chi connectivity index (χ4v) is 1.87. The summed E-state index contributed by atoms with van der Waals surface area (Å²) in [6.45, 7) is 4.92. The third-order valence-corrected chi connectivity index (χ3v) is 3.35. The average Bonchev–Trinajstić information content (AvgIpc) is 2.26. The molecule has 2 unspecified atom stereocenters. The van der Waals surface area contributed by atoms with Crippen LogP contribution in [0.2, 0.25) is 5.02 Å². The largest absolute Gasteiger partial charge is 0.329 e. The molecule has 2 nitrogen and oxygen atoms in total. The van der Waals surface area contributed by atoms with E-state index >= 15 is 0 Å². The Bertz CT molecular complexity index is 314. The van der Waals surface area contributed by atoms with Crippen molar-refractivity contribution in [3.63, 3.8) is 0 Å². The van der Waals surface area contributed by atoms with Crippen molar-refractivity contribution in [3.05, 3.63) is 34.9 Å². The first-order valence-corrected chi connectivity index (χ1v) is 5.62. The van der Waals surface area contributed by atoms with E-state index in [1.54, 1.807) is 0 Å². The molecule has 0 radical (unpaired) electrons. The van der Waals surface area contributed by atoms with Gasteiger partial charge in [-0.3, -0.25) is 4.90 Å². The zero-order chi connectivity index (χ0) is 11.4. The lowest BCUT2D eigenvalue weighted by Gasteiger charge is -2.30. The van der Waals surface area contributed by atoms with E-state index in [0.717, 1.165) is 10.6 Å². The molecule has 2 N–H and O–H groups in total. The molecule has 0 aliphatic carbocycles. The van der Waals surface area contributed by atoms with E-state index in [2.05, 4.69) is 31.9 Å². The summed E-state index contributed by atoms with van der Waals surface area (Å²) < 4.78 is 0. The summed E-state index contributed by atoms with van der Waals surface area (Å²) in [5, 5.41) is 0.820. The average molecular weight is 227 g/mol. The van der Waals surface area contributed by atoms with Crippen LogP contribution in [0.1, 0.15) is 25.5 Å². The van der Waals surface area contributed by atoms with Crippen LogP contribution in [0.15, 0.2) is 24.3 Å². The van der Waals surface area contributed by atoms with Crippen molar-refractivity contribution in [3.8, 4) is 0 Å². The number of rotatable bonds is 4. The molecule has 0 aliphatic rings. The van der Waals surface area contributed by atoms with Gasteiger partial charge in [-0.25, -0.2) is 0 Å². The van der Waals surface area contributed by atoms with Gasteiger partial charge in [0.25, 0.3) is 0 Å². The Hall–Kier alpha value is -0.570. The zero-order valence-electron chi connectivity index (χ0n) is 9.57.